The van der Waals surface area contributed by atoms with E-state index in [0.717, 1.165) is 31.3 Å². The molecule has 2 aromatic rings. The molecular formula is C15H17N3O2. The second-order valence-electron chi connectivity index (χ2n) is 5.04. The number of likely N-dealkylation sites (tertiary alicyclic amines) is 1. The van der Waals surface area contributed by atoms with Gasteiger partial charge in [0.1, 0.15) is 5.82 Å². The molecule has 1 aliphatic rings. The van der Waals surface area contributed by atoms with Crippen molar-refractivity contribution in [2.24, 2.45) is 0 Å². The molecule has 5 nitrogen and oxygen atoms in total. The van der Waals surface area contributed by atoms with Crippen molar-refractivity contribution in [3.8, 4) is 0 Å². The number of amides is 1. The first-order valence-electron chi connectivity index (χ1n) is 6.88. The quantitative estimate of drug-likeness (QED) is 0.890. The predicted octanol–water partition coefficient (Wildman–Crippen LogP) is 1.56. The molecule has 2 N–H and O–H groups in total. The Kier molecular flexibility index (Phi) is 3.41. The van der Waals surface area contributed by atoms with Crippen LogP contribution in [0.4, 0.5) is 5.82 Å². The summed E-state index contributed by atoms with van der Waals surface area (Å²) in [7, 11) is 0. The Labute approximate surface area is 116 Å². The van der Waals surface area contributed by atoms with Crippen LogP contribution in [0.15, 0.2) is 35.1 Å². The zero-order valence-corrected chi connectivity index (χ0v) is 11.2. The average Bonchev–Trinajstić information content (AvgIpc) is 2.99. The van der Waals surface area contributed by atoms with Crippen molar-refractivity contribution in [1.82, 2.24) is 9.88 Å². The van der Waals surface area contributed by atoms with Gasteiger partial charge >= 0.3 is 0 Å². The van der Waals surface area contributed by atoms with E-state index in [9.17, 15) is 9.59 Å². The summed E-state index contributed by atoms with van der Waals surface area (Å²) in [4.78, 5) is 28.5. The maximum absolute atomic E-state index is 11.9. The summed E-state index contributed by atoms with van der Waals surface area (Å²) in [5.74, 6) is 0.665. The minimum absolute atomic E-state index is 0.0801. The van der Waals surface area contributed by atoms with Crippen LogP contribution < -0.4 is 10.9 Å². The van der Waals surface area contributed by atoms with Crippen molar-refractivity contribution in [3.05, 3.63) is 40.7 Å². The lowest BCUT2D eigenvalue weighted by molar-refractivity contribution is -0.128. The molecule has 1 aromatic carbocycles. The first-order chi connectivity index (χ1) is 9.74. The summed E-state index contributed by atoms with van der Waals surface area (Å²) in [6.07, 6.45) is 2.16. The van der Waals surface area contributed by atoms with E-state index in [0.29, 0.717) is 11.2 Å². The normalized spacial score (nSPS) is 14.7. The molecule has 20 heavy (non-hydrogen) atoms. The first kappa shape index (κ1) is 12.7. The number of carbonyl (C=O) groups is 1. The Morgan fingerprint density at radius 3 is 2.80 bits per heavy atom. The highest BCUT2D eigenvalue weighted by Crippen LogP contribution is 2.13. The number of rotatable bonds is 3. The summed E-state index contributed by atoms with van der Waals surface area (Å²) in [6.45, 7) is 1.90. The SMILES string of the molecule is O=C(CNc1cc2ccccc2c(=O)[nH]1)N1CCCC1. The Bertz CT molecular complexity index is 687. The third-order valence-corrected chi connectivity index (χ3v) is 3.64. The van der Waals surface area contributed by atoms with E-state index in [1.54, 1.807) is 6.07 Å². The summed E-state index contributed by atoms with van der Waals surface area (Å²) < 4.78 is 0. The number of aromatic amines is 1. The fraction of sp³-hybridized carbons (Fsp3) is 0.333. The standard InChI is InChI=1S/C15H17N3O2/c19-14(18-7-3-4-8-18)10-16-13-9-11-5-1-2-6-12(11)15(20)17-13/h1-2,5-6,9H,3-4,7-8,10H2,(H2,16,17,20). The molecule has 0 radical (unpaired) electrons. The zero-order valence-electron chi connectivity index (χ0n) is 11.2. The third-order valence-electron chi connectivity index (χ3n) is 3.64. The van der Waals surface area contributed by atoms with Gasteiger partial charge in [-0.15, -0.1) is 0 Å². The number of aromatic nitrogens is 1. The highest BCUT2D eigenvalue weighted by Gasteiger charge is 2.17. The number of anilines is 1. The first-order valence-corrected chi connectivity index (χ1v) is 6.88. The minimum atomic E-state index is -0.140. The Hall–Kier alpha value is -2.30. The van der Waals surface area contributed by atoms with Gasteiger partial charge < -0.3 is 15.2 Å². The fourth-order valence-corrected chi connectivity index (χ4v) is 2.56. The molecule has 0 atom stereocenters. The lowest BCUT2D eigenvalue weighted by atomic mass is 10.2. The smallest absolute Gasteiger partial charge is 0.257 e. The van der Waals surface area contributed by atoms with Gasteiger partial charge in [0, 0.05) is 18.5 Å². The molecule has 1 aliphatic heterocycles. The van der Waals surface area contributed by atoms with E-state index in [1.165, 1.54) is 0 Å². The molecule has 0 bridgehead atoms. The molecule has 1 amide bonds. The van der Waals surface area contributed by atoms with Crippen LogP contribution in [-0.4, -0.2) is 35.4 Å². The van der Waals surface area contributed by atoms with Crippen molar-refractivity contribution < 1.29 is 4.79 Å². The Balaban J connectivity index is 1.74. The number of benzene rings is 1. The fourth-order valence-electron chi connectivity index (χ4n) is 2.56. The highest BCUT2D eigenvalue weighted by molar-refractivity contribution is 5.85. The molecule has 1 fully saturated rings. The molecule has 0 aliphatic carbocycles. The van der Waals surface area contributed by atoms with Crippen molar-refractivity contribution in [2.75, 3.05) is 25.0 Å². The van der Waals surface area contributed by atoms with Gasteiger partial charge in [-0.3, -0.25) is 9.59 Å². The number of hydrogen-bond acceptors (Lipinski definition) is 3. The molecule has 0 spiro atoms. The molecule has 1 aromatic heterocycles. The molecule has 5 heteroatoms. The lowest BCUT2D eigenvalue weighted by Gasteiger charge is -2.15. The second-order valence-corrected chi connectivity index (χ2v) is 5.04. The van der Waals surface area contributed by atoms with Gasteiger partial charge in [0.2, 0.25) is 5.91 Å². The zero-order chi connectivity index (χ0) is 13.9. The van der Waals surface area contributed by atoms with Crippen LogP contribution in [0.25, 0.3) is 10.8 Å². The topological polar surface area (TPSA) is 65.2 Å². The van der Waals surface area contributed by atoms with Crippen LogP contribution in [0.1, 0.15) is 12.8 Å². The van der Waals surface area contributed by atoms with Crippen LogP contribution in [0.3, 0.4) is 0 Å². The maximum Gasteiger partial charge on any atom is 0.257 e. The highest BCUT2D eigenvalue weighted by atomic mass is 16.2. The van der Waals surface area contributed by atoms with Gasteiger partial charge in [-0.05, 0) is 30.4 Å². The van der Waals surface area contributed by atoms with Crippen LogP contribution >= 0.6 is 0 Å². The predicted molar refractivity (Wildman–Crippen MR) is 78.9 cm³/mol. The molecule has 0 saturated carbocycles. The molecule has 104 valence electrons. The van der Waals surface area contributed by atoms with Crippen molar-refractivity contribution in [3.63, 3.8) is 0 Å². The van der Waals surface area contributed by atoms with Gasteiger partial charge in [0.25, 0.3) is 5.56 Å². The number of hydrogen-bond donors (Lipinski definition) is 2. The third kappa shape index (κ3) is 2.52. The molecule has 2 heterocycles. The van der Waals surface area contributed by atoms with E-state index in [2.05, 4.69) is 10.3 Å². The molecular weight excluding hydrogens is 254 g/mol. The molecule has 0 unspecified atom stereocenters. The number of nitrogens with zero attached hydrogens (tertiary/aromatic N) is 1. The second kappa shape index (κ2) is 5.36. The lowest BCUT2D eigenvalue weighted by Crippen LogP contribution is -2.33. The monoisotopic (exact) mass is 271 g/mol. The average molecular weight is 271 g/mol. The van der Waals surface area contributed by atoms with Crippen molar-refractivity contribution in [2.45, 2.75) is 12.8 Å². The number of H-pyrrole nitrogens is 1. The summed E-state index contributed by atoms with van der Waals surface area (Å²) >= 11 is 0. The summed E-state index contributed by atoms with van der Waals surface area (Å²) in [5.41, 5.74) is -0.140. The van der Waals surface area contributed by atoms with E-state index < -0.39 is 0 Å². The maximum atomic E-state index is 11.9. The van der Waals surface area contributed by atoms with Gasteiger partial charge in [-0.2, -0.15) is 0 Å². The molecule has 1 saturated heterocycles. The van der Waals surface area contributed by atoms with Crippen LogP contribution in [0, 0.1) is 0 Å². The van der Waals surface area contributed by atoms with Gasteiger partial charge in [-0.25, -0.2) is 0 Å². The Morgan fingerprint density at radius 2 is 2.00 bits per heavy atom. The number of carbonyl (C=O) groups excluding carboxylic acids is 1. The van der Waals surface area contributed by atoms with Crippen LogP contribution in [-0.2, 0) is 4.79 Å². The summed E-state index contributed by atoms with van der Waals surface area (Å²) in [6, 6.07) is 9.25. The summed E-state index contributed by atoms with van der Waals surface area (Å²) in [5, 5.41) is 4.53. The van der Waals surface area contributed by atoms with Gasteiger partial charge in [-0.1, -0.05) is 18.2 Å². The number of fused-ring (bicyclic) bond motifs is 1. The Morgan fingerprint density at radius 1 is 1.25 bits per heavy atom. The molecule has 3 rings (SSSR count). The van der Waals surface area contributed by atoms with Crippen LogP contribution in [0.2, 0.25) is 0 Å². The van der Waals surface area contributed by atoms with Crippen molar-refractivity contribution >= 4 is 22.5 Å². The largest absolute Gasteiger partial charge is 0.362 e. The minimum Gasteiger partial charge on any atom is -0.362 e. The van der Waals surface area contributed by atoms with E-state index in [1.807, 2.05) is 29.2 Å². The van der Waals surface area contributed by atoms with Crippen LogP contribution in [0.5, 0.6) is 0 Å². The number of nitrogens with one attached hydrogen (secondary N) is 2. The van der Waals surface area contributed by atoms with Gasteiger partial charge in [0.05, 0.1) is 6.54 Å². The van der Waals surface area contributed by atoms with E-state index >= 15 is 0 Å². The van der Waals surface area contributed by atoms with Crippen molar-refractivity contribution in [1.29, 1.82) is 0 Å². The van der Waals surface area contributed by atoms with E-state index in [4.69, 9.17) is 0 Å². The van der Waals surface area contributed by atoms with Gasteiger partial charge in [0.15, 0.2) is 0 Å². The number of pyridine rings is 1. The van der Waals surface area contributed by atoms with E-state index in [-0.39, 0.29) is 18.0 Å².